The first-order chi connectivity index (χ1) is 24.1. The van der Waals surface area contributed by atoms with Crippen molar-refractivity contribution in [1.82, 2.24) is 35.5 Å². The van der Waals surface area contributed by atoms with E-state index in [1.165, 1.54) is 20.6 Å². The maximum atomic E-state index is 12.6. The zero-order valence-electron chi connectivity index (χ0n) is 29.5. The van der Waals surface area contributed by atoms with E-state index in [0.717, 1.165) is 59.6 Å². The second-order valence-electron chi connectivity index (χ2n) is 11.8. The summed E-state index contributed by atoms with van der Waals surface area (Å²) in [4.78, 5) is 62.3. The molecule has 1 aliphatic rings. The Morgan fingerprint density at radius 3 is 1.86 bits per heavy atom. The molecule has 2 aromatic heterocycles. The molecule has 2 aromatic carbocycles. The normalized spacial score (nSPS) is 12.4. The lowest BCUT2D eigenvalue weighted by Crippen LogP contribution is -2.47. The van der Waals surface area contributed by atoms with Crippen molar-refractivity contribution in [1.29, 1.82) is 0 Å². The lowest BCUT2D eigenvalue weighted by atomic mass is 10.0. The predicted molar refractivity (Wildman–Crippen MR) is 192 cm³/mol. The highest BCUT2D eigenvalue weighted by Crippen LogP contribution is 2.26. The van der Waals surface area contributed by atoms with Crippen LogP contribution in [-0.2, 0) is 19.1 Å². The molecule has 268 valence electrons. The molecule has 14 nitrogen and oxygen atoms in total. The Labute approximate surface area is 292 Å². The minimum absolute atomic E-state index is 0.0344. The summed E-state index contributed by atoms with van der Waals surface area (Å²) in [5, 5.41) is 7.61. The van der Waals surface area contributed by atoms with E-state index in [9.17, 15) is 19.2 Å². The maximum Gasteiger partial charge on any atom is 0.407 e. The molecule has 5 rings (SSSR count). The van der Waals surface area contributed by atoms with Crippen LogP contribution < -0.4 is 16.0 Å². The monoisotopic (exact) mass is 688 g/mol. The molecule has 0 unspecified atom stereocenters. The highest BCUT2D eigenvalue weighted by molar-refractivity contribution is 5.95. The summed E-state index contributed by atoms with van der Waals surface area (Å²) in [6.45, 7) is 9.57. The molecule has 1 saturated heterocycles. The van der Waals surface area contributed by atoms with Gasteiger partial charge in [-0.2, -0.15) is 0 Å². The molecule has 1 fully saturated rings. The number of aromatic amines is 2. The van der Waals surface area contributed by atoms with E-state index >= 15 is 0 Å². The van der Waals surface area contributed by atoms with Crippen LogP contribution in [0.15, 0.2) is 67.3 Å². The molecule has 0 saturated carbocycles. The number of methoxy groups -OCH3 is 2. The van der Waals surface area contributed by atoms with E-state index in [4.69, 9.17) is 0 Å². The lowest BCUT2D eigenvalue weighted by Gasteiger charge is -2.20. The average Bonchev–Trinajstić information content (AvgIpc) is 3.94. The first-order valence-electron chi connectivity index (χ1n) is 16.6. The molecule has 0 spiro atoms. The quantitative estimate of drug-likeness (QED) is 0.145. The van der Waals surface area contributed by atoms with Gasteiger partial charge in [0.25, 0.3) is 0 Å². The maximum absolute atomic E-state index is 12.6. The van der Waals surface area contributed by atoms with Crippen molar-refractivity contribution in [3.05, 3.63) is 67.3 Å². The zero-order chi connectivity index (χ0) is 36.5. The van der Waals surface area contributed by atoms with E-state index in [1.807, 2.05) is 38.1 Å². The first-order valence-corrected chi connectivity index (χ1v) is 16.6. The number of nitrogens with zero attached hydrogens (tertiary/aromatic N) is 3. The van der Waals surface area contributed by atoms with Gasteiger partial charge in [0.05, 0.1) is 44.3 Å². The molecule has 50 heavy (non-hydrogen) atoms. The number of imidazole rings is 2. The van der Waals surface area contributed by atoms with Crippen molar-refractivity contribution in [2.75, 3.05) is 39.2 Å². The Morgan fingerprint density at radius 1 is 0.820 bits per heavy atom. The van der Waals surface area contributed by atoms with Crippen LogP contribution >= 0.6 is 0 Å². The first kappa shape index (κ1) is 38.8. The molecule has 1 atom stereocenters. The van der Waals surface area contributed by atoms with Crippen molar-refractivity contribution in [3.63, 3.8) is 0 Å². The number of nitrogens with one attached hydrogen (secondary N) is 5. The number of carbonyl (C=O) groups excluding carboxylic acids is 4. The number of H-pyrrole nitrogens is 2. The van der Waals surface area contributed by atoms with E-state index in [1.54, 1.807) is 23.6 Å². The van der Waals surface area contributed by atoms with Gasteiger partial charge in [0.2, 0.25) is 17.8 Å². The van der Waals surface area contributed by atoms with Crippen LogP contribution in [0.1, 0.15) is 47.0 Å². The molecule has 4 amide bonds. The van der Waals surface area contributed by atoms with Crippen molar-refractivity contribution in [2.24, 2.45) is 5.92 Å². The smallest absolute Gasteiger partial charge is 0.407 e. The topological polar surface area (TPSA) is 183 Å². The van der Waals surface area contributed by atoms with Crippen LogP contribution in [0.3, 0.4) is 0 Å². The number of likely N-dealkylation sites (tertiary alicyclic amines) is 1. The highest BCUT2D eigenvalue weighted by Gasteiger charge is 2.25. The third-order valence-corrected chi connectivity index (χ3v) is 7.48. The van der Waals surface area contributed by atoms with Crippen molar-refractivity contribution in [2.45, 2.75) is 53.0 Å². The summed E-state index contributed by atoms with van der Waals surface area (Å²) in [5.41, 5.74) is 5.93. The zero-order valence-corrected chi connectivity index (χ0v) is 29.5. The average molecular weight is 689 g/mol. The van der Waals surface area contributed by atoms with Gasteiger partial charge in [0.15, 0.2) is 0 Å². The summed E-state index contributed by atoms with van der Waals surface area (Å²) in [7, 11) is 2.53. The van der Waals surface area contributed by atoms with Gasteiger partial charge in [-0.15, -0.1) is 0 Å². The van der Waals surface area contributed by atoms with Crippen molar-refractivity contribution < 1.29 is 28.7 Å². The van der Waals surface area contributed by atoms with E-state index in [-0.39, 0.29) is 24.3 Å². The summed E-state index contributed by atoms with van der Waals surface area (Å²) in [6.07, 6.45) is 7.26. The van der Waals surface area contributed by atoms with Crippen LogP contribution in [0.2, 0.25) is 0 Å². The third-order valence-electron chi connectivity index (χ3n) is 7.48. The van der Waals surface area contributed by atoms with Crippen LogP contribution in [0.25, 0.3) is 33.6 Å². The number of ether oxygens (including phenoxy) is 2. The lowest BCUT2D eigenvalue weighted by molar-refractivity contribution is -0.129. The van der Waals surface area contributed by atoms with Crippen LogP contribution in [0, 0.1) is 5.92 Å². The van der Waals surface area contributed by atoms with Gasteiger partial charge in [0, 0.05) is 13.1 Å². The van der Waals surface area contributed by atoms with Gasteiger partial charge in [-0.05, 0) is 41.0 Å². The van der Waals surface area contributed by atoms with Gasteiger partial charge in [-0.25, -0.2) is 19.6 Å². The Bertz CT molecular complexity index is 1630. The fourth-order valence-corrected chi connectivity index (χ4v) is 4.84. The van der Waals surface area contributed by atoms with Crippen molar-refractivity contribution in [3.8, 4) is 33.6 Å². The fourth-order valence-electron chi connectivity index (χ4n) is 4.84. The van der Waals surface area contributed by atoms with Gasteiger partial charge in [0.1, 0.15) is 12.6 Å². The summed E-state index contributed by atoms with van der Waals surface area (Å²) in [5.74, 6) is -0.247. The fraction of sp³-hybridized carbons (Fsp3) is 0.389. The number of hydrogen-bond acceptors (Lipinski definition) is 8. The van der Waals surface area contributed by atoms with Crippen LogP contribution in [0.4, 0.5) is 15.5 Å². The van der Waals surface area contributed by atoms with Gasteiger partial charge in [-0.1, -0.05) is 82.6 Å². The second-order valence-corrected chi connectivity index (χ2v) is 11.8. The predicted octanol–water partition coefficient (Wildman–Crippen LogP) is 5.83. The van der Waals surface area contributed by atoms with Crippen LogP contribution in [0.5, 0.6) is 0 Å². The molecule has 0 radical (unpaired) electrons. The molecule has 4 aromatic rings. The third kappa shape index (κ3) is 11.8. The van der Waals surface area contributed by atoms with E-state index < -0.39 is 18.2 Å². The number of alkyl carbamates (subject to hydrolysis) is 2. The number of aromatic nitrogens is 4. The Hall–Kier alpha value is -5.66. The number of rotatable bonds is 9. The van der Waals surface area contributed by atoms with Crippen molar-refractivity contribution >= 4 is 29.9 Å². The van der Waals surface area contributed by atoms with E-state index in [0.29, 0.717) is 5.95 Å². The minimum atomic E-state index is -0.750. The molecule has 5 N–H and O–H groups in total. The SMILES string of the molecule is CCC.COC(=O)NCC(=O)N1CCCC1.COC(=O)N[C@H](C(=O)Nc1ncc(-c2ccc(-c3ccc(-c4cnc[nH]4)cc3)cc2)[nH]1)C(C)C. The Morgan fingerprint density at radius 2 is 1.36 bits per heavy atom. The molecule has 0 aliphatic carbocycles. The largest absolute Gasteiger partial charge is 0.453 e. The molecule has 3 heterocycles. The number of anilines is 1. The second kappa shape index (κ2) is 20.0. The van der Waals surface area contributed by atoms with Gasteiger partial charge in [-0.3, -0.25) is 14.9 Å². The molecule has 0 bridgehead atoms. The standard InChI is InChI=1S/C25H26N6O3.C8H14N2O3.C3H8/c1-15(2)22(30-25(33)34-3)23(32)31-24-27-13-21(29-24)19-10-6-17(7-11-19)16-4-8-18(9-5-16)20-12-26-14-28-20;1-13-8(12)9-6-7(11)10-4-2-3-5-10;1-3-2/h4-15,22H,1-3H3,(H,26,28)(H,30,33)(H2,27,29,31,32);2-6H2,1H3,(H,9,12);3H2,1-2H3/t22-;;/m0../s1. The molecular formula is C36H48N8O6. The summed E-state index contributed by atoms with van der Waals surface area (Å²) >= 11 is 0. The minimum Gasteiger partial charge on any atom is -0.453 e. The Kier molecular flexibility index (Phi) is 15.5. The van der Waals surface area contributed by atoms with E-state index in [2.05, 4.69) is 83.5 Å². The summed E-state index contributed by atoms with van der Waals surface area (Å²) < 4.78 is 8.94. The number of amides is 4. The number of hydrogen-bond donors (Lipinski definition) is 5. The molecule has 14 heteroatoms. The highest BCUT2D eigenvalue weighted by atomic mass is 16.5. The Balaban J connectivity index is 0.000000352. The molecular weight excluding hydrogens is 640 g/mol. The van der Waals surface area contributed by atoms with Crippen LogP contribution in [-0.4, -0.2) is 88.7 Å². The number of benzene rings is 2. The summed E-state index contributed by atoms with van der Waals surface area (Å²) in [6, 6.07) is 15.6. The number of carbonyl (C=O) groups is 4. The van der Waals surface area contributed by atoms with Gasteiger partial charge >= 0.3 is 12.2 Å². The van der Waals surface area contributed by atoms with Gasteiger partial charge < -0.3 is 35.0 Å². The molecule has 1 aliphatic heterocycles.